The lowest BCUT2D eigenvalue weighted by atomic mass is 10.0. The maximum atomic E-state index is 10.8. The fraction of sp³-hybridized carbons (Fsp3) is 0.857. The Bertz CT molecular complexity index is 149. The van der Waals surface area contributed by atoms with Crippen molar-refractivity contribution in [3.8, 4) is 0 Å². The van der Waals surface area contributed by atoms with E-state index in [1.165, 1.54) is 0 Å². The summed E-state index contributed by atoms with van der Waals surface area (Å²) in [5.41, 5.74) is 5.16. The number of amides is 1. The van der Waals surface area contributed by atoms with Gasteiger partial charge < -0.3 is 15.8 Å². The van der Waals surface area contributed by atoms with Crippen LogP contribution in [0.25, 0.3) is 0 Å². The van der Waals surface area contributed by atoms with Crippen LogP contribution < -0.4 is 11.1 Å². The maximum absolute atomic E-state index is 10.8. The van der Waals surface area contributed by atoms with E-state index in [1.54, 1.807) is 7.11 Å². The molecular formula is C7H14N2O2. The molecule has 1 heterocycles. The Morgan fingerprint density at radius 2 is 2.55 bits per heavy atom. The Hall–Kier alpha value is -0.610. The van der Waals surface area contributed by atoms with Crippen molar-refractivity contribution in [2.45, 2.75) is 12.5 Å². The van der Waals surface area contributed by atoms with Gasteiger partial charge in [-0.25, -0.2) is 0 Å². The average molecular weight is 158 g/mol. The zero-order valence-electron chi connectivity index (χ0n) is 6.67. The van der Waals surface area contributed by atoms with Crippen LogP contribution in [0.15, 0.2) is 0 Å². The number of rotatable bonds is 3. The number of hydrogen-bond donors (Lipinski definition) is 2. The molecule has 0 spiro atoms. The Kier molecular flexibility index (Phi) is 2.84. The number of nitrogens with one attached hydrogen (secondary N) is 1. The van der Waals surface area contributed by atoms with Crippen LogP contribution >= 0.6 is 0 Å². The minimum atomic E-state index is -0.274. The topological polar surface area (TPSA) is 64.3 Å². The lowest BCUT2D eigenvalue weighted by Crippen LogP contribution is -2.41. The summed E-state index contributed by atoms with van der Waals surface area (Å²) in [4.78, 5) is 10.8. The lowest BCUT2D eigenvalue weighted by Gasteiger charge is -2.14. The second kappa shape index (κ2) is 3.69. The highest BCUT2D eigenvalue weighted by atomic mass is 16.5. The van der Waals surface area contributed by atoms with Crippen molar-refractivity contribution in [1.29, 1.82) is 0 Å². The smallest absolute Gasteiger partial charge is 0.234 e. The molecule has 1 aliphatic heterocycles. The molecule has 0 aromatic heterocycles. The molecule has 64 valence electrons. The van der Waals surface area contributed by atoms with Crippen molar-refractivity contribution < 1.29 is 9.53 Å². The molecule has 0 aliphatic carbocycles. The van der Waals surface area contributed by atoms with E-state index in [1.807, 2.05) is 0 Å². The summed E-state index contributed by atoms with van der Waals surface area (Å²) in [6.07, 6.45) is 0.974. The van der Waals surface area contributed by atoms with Crippen LogP contribution in [0, 0.1) is 5.92 Å². The quantitative estimate of drug-likeness (QED) is 0.559. The fourth-order valence-corrected chi connectivity index (χ4v) is 1.48. The van der Waals surface area contributed by atoms with Gasteiger partial charge in [0.05, 0.1) is 12.6 Å². The van der Waals surface area contributed by atoms with Gasteiger partial charge in [-0.3, -0.25) is 4.79 Å². The maximum Gasteiger partial charge on any atom is 0.234 e. The van der Waals surface area contributed by atoms with E-state index in [4.69, 9.17) is 10.5 Å². The van der Waals surface area contributed by atoms with Crippen molar-refractivity contribution in [3.63, 3.8) is 0 Å². The molecule has 2 atom stereocenters. The van der Waals surface area contributed by atoms with Crippen LogP contribution in [0.3, 0.4) is 0 Å². The van der Waals surface area contributed by atoms with Gasteiger partial charge in [-0.1, -0.05) is 0 Å². The third-order valence-corrected chi connectivity index (χ3v) is 2.04. The van der Waals surface area contributed by atoms with Gasteiger partial charge in [-0.15, -0.1) is 0 Å². The molecule has 11 heavy (non-hydrogen) atoms. The Labute approximate surface area is 66.1 Å². The third kappa shape index (κ3) is 1.91. The largest absolute Gasteiger partial charge is 0.384 e. The summed E-state index contributed by atoms with van der Waals surface area (Å²) in [6.45, 7) is 1.47. The normalized spacial score (nSPS) is 30.6. The van der Waals surface area contributed by atoms with Crippen LogP contribution in [0.1, 0.15) is 6.42 Å². The zero-order chi connectivity index (χ0) is 8.27. The Morgan fingerprint density at radius 1 is 1.82 bits per heavy atom. The number of primary amides is 1. The molecule has 4 nitrogen and oxygen atoms in total. The number of ether oxygens (including phenoxy) is 1. The molecule has 0 aromatic carbocycles. The van der Waals surface area contributed by atoms with E-state index in [0.29, 0.717) is 6.61 Å². The van der Waals surface area contributed by atoms with E-state index in [9.17, 15) is 4.79 Å². The first-order chi connectivity index (χ1) is 5.25. The molecule has 1 rings (SSSR count). The first-order valence-electron chi connectivity index (χ1n) is 3.77. The number of methoxy groups -OCH3 is 1. The molecule has 0 radical (unpaired) electrons. The van der Waals surface area contributed by atoms with E-state index in [2.05, 4.69) is 5.32 Å². The van der Waals surface area contributed by atoms with Crippen molar-refractivity contribution in [2.24, 2.45) is 11.7 Å². The van der Waals surface area contributed by atoms with Gasteiger partial charge >= 0.3 is 0 Å². The standard InChI is InChI=1S/C7H14N2O2/c1-11-4-5-2-3-9-6(5)7(8)10/h5-6,9H,2-4H2,1H3,(H2,8,10)/t5-,6+/m0/s1. The average Bonchev–Trinajstić information content (AvgIpc) is 2.36. The van der Waals surface area contributed by atoms with Gasteiger partial charge in [0.1, 0.15) is 0 Å². The van der Waals surface area contributed by atoms with Crippen LogP contribution in [0.5, 0.6) is 0 Å². The zero-order valence-corrected chi connectivity index (χ0v) is 6.67. The minimum Gasteiger partial charge on any atom is -0.384 e. The number of carbonyl (C=O) groups excluding carboxylic acids is 1. The molecule has 1 saturated heterocycles. The summed E-state index contributed by atoms with van der Waals surface area (Å²) < 4.78 is 4.96. The van der Waals surface area contributed by atoms with E-state index >= 15 is 0 Å². The van der Waals surface area contributed by atoms with Crippen molar-refractivity contribution in [1.82, 2.24) is 5.32 Å². The Balaban J connectivity index is 2.44. The summed E-state index contributed by atoms with van der Waals surface area (Å²) in [7, 11) is 1.64. The molecule has 4 heteroatoms. The molecule has 1 aliphatic rings. The number of nitrogens with two attached hydrogens (primary N) is 1. The second-order valence-corrected chi connectivity index (χ2v) is 2.84. The molecule has 1 fully saturated rings. The summed E-state index contributed by atoms with van der Waals surface area (Å²) in [5, 5.41) is 3.04. The molecule has 0 bridgehead atoms. The lowest BCUT2D eigenvalue weighted by molar-refractivity contribution is -0.120. The number of hydrogen-bond acceptors (Lipinski definition) is 3. The van der Waals surface area contributed by atoms with Crippen molar-refractivity contribution in [2.75, 3.05) is 20.3 Å². The first-order valence-corrected chi connectivity index (χ1v) is 3.77. The summed E-state index contributed by atoms with van der Waals surface area (Å²) >= 11 is 0. The molecule has 3 N–H and O–H groups in total. The highest BCUT2D eigenvalue weighted by molar-refractivity contribution is 5.80. The summed E-state index contributed by atoms with van der Waals surface area (Å²) in [6, 6.07) is -0.185. The fourth-order valence-electron chi connectivity index (χ4n) is 1.48. The van der Waals surface area contributed by atoms with Gasteiger partial charge in [0.2, 0.25) is 5.91 Å². The minimum absolute atomic E-state index is 0.185. The second-order valence-electron chi connectivity index (χ2n) is 2.84. The van der Waals surface area contributed by atoms with Gasteiger partial charge in [0.25, 0.3) is 0 Å². The van der Waals surface area contributed by atoms with Gasteiger partial charge in [-0.05, 0) is 13.0 Å². The van der Waals surface area contributed by atoms with Gasteiger partial charge in [0.15, 0.2) is 0 Å². The predicted octanol–water partition coefficient (Wildman–Crippen LogP) is -0.904. The molecule has 0 aromatic rings. The highest BCUT2D eigenvalue weighted by Gasteiger charge is 2.30. The van der Waals surface area contributed by atoms with E-state index in [0.717, 1.165) is 13.0 Å². The van der Waals surface area contributed by atoms with E-state index in [-0.39, 0.29) is 17.9 Å². The van der Waals surface area contributed by atoms with Crippen LogP contribution in [0.4, 0.5) is 0 Å². The number of carbonyl (C=O) groups is 1. The van der Waals surface area contributed by atoms with Gasteiger partial charge in [-0.2, -0.15) is 0 Å². The van der Waals surface area contributed by atoms with Crippen molar-refractivity contribution in [3.05, 3.63) is 0 Å². The van der Waals surface area contributed by atoms with Crippen LogP contribution in [0.2, 0.25) is 0 Å². The Morgan fingerprint density at radius 3 is 3.09 bits per heavy atom. The first kappa shape index (κ1) is 8.49. The molecule has 1 amide bonds. The van der Waals surface area contributed by atoms with Gasteiger partial charge in [0, 0.05) is 13.0 Å². The monoisotopic (exact) mass is 158 g/mol. The molecular weight excluding hydrogens is 144 g/mol. The highest BCUT2D eigenvalue weighted by Crippen LogP contribution is 2.14. The van der Waals surface area contributed by atoms with E-state index < -0.39 is 0 Å². The van der Waals surface area contributed by atoms with Crippen LogP contribution in [-0.2, 0) is 9.53 Å². The van der Waals surface area contributed by atoms with Crippen LogP contribution in [-0.4, -0.2) is 32.2 Å². The molecule has 0 saturated carbocycles. The molecule has 0 unspecified atom stereocenters. The predicted molar refractivity (Wildman–Crippen MR) is 41.0 cm³/mol. The SMILES string of the molecule is COC[C@@H]1CCN[C@H]1C(N)=O. The third-order valence-electron chi connectivity index (χ3n) is 2.04. The van der Waals surface area contributed by atoms with Crippen molar-refractivity contribution >= 4 is 5.91 Å². The summed E-state index contributed by atoms with van der Waals surface area (Å²) in [5.74, 6) is -0.0120.